The zero-order valence-corrected chi connectivity index (χ0v) is 9.73. The zero-order chi connectivity index (χ0) is 12.7. The fourth-order valence-corrected chi connectivity index (χ4v) is 1.11. The third kappa shape index (κ3) is 4.13. The molecule has 0 radical (unpaired) electrons. The number of esters is 1. The number of furan rings is 1. The molecule has 1 aromatic rings. The second-order valence-electron chi connectivity index (χ2n) is 3.25. The number of rotatable bonds is 5. The van der Waals surface area contributed by atoms with Crippen LogP contribution in [0.15, 0.2) is 22.1 Å². The lowest BCUT2D eigenvalue weighted by Crippen LogP contribution is -2.11. The van der Waals surface area contributed by atoms with Crippen LogP contribution in [0.4, 0.5) is 0 Å². The van der Waals surface area contributed by atoms with Crippen LogP contribution in [-0.4, -0.2) is 26.3 Å². The summed E-state index contributed by atoms with van der Waals surface area (Å²) in [6.07, 6.45) is 1.35. The van der Waals surface area contributed by atoms with Crippen LogP contribution in [0.3, 0.4) is 0 Å². The molecule has 0 saturated carbocycles. The van der Waals surface area contributed by atoms with Gasteiger partial charge in [-0.15, -0.1) is 0 Å². The number of hydrogen-bond donors (Lipinski definition) is 0. The first kappa shape index (κ1) is 13.0. The Labute approximate surface area is 99.2 Å². The van der Waals surface area contributed by atoms with E-state index in [1.54, 1.807) is 25.1 Å². The SMILES string of the molecule is COCCOC(=O)C(C#N)=Cc1ccc(C)o1. The summed E-state index contributed by atoms with van der Waals surface area (Å²) in [6, 6.07) is 5.20. The van der Waals surface area contributed by atoms with Gasteiger partial charge in [-0.05, 0) is 19.1 Å². The minimum Gasteiger partial charge on any atom is -0.462 e. The molecular formula is C12H13NO4. The highest BCUT2D eigenvalue weighted by atomic mass is 16.6. The van der Waals surface area contributed by atoms with Crippen LogP contribution < -0.4 is 0 Å². The van der Waals surface area contributed by atoms with Gasteiger partial charge in [-0.2, -0.15) is 5.26 Å². The van der Waals surface area contributed by atoms with Gasteiger partial charge in [0.2, 0.25) is 0 Å². The second kappa shape index (κ2) is 6.51. The molecule has 1 aromatic heterocycles. The third-order valence-corrected chi connectivity index (χ3v) is 1.91. The van der Waals surface area contributed by atoms with E-state index >= 15 is 0 Å². The molecule has 1 rings (SSSR count). The highest BCUT2D eigenvalue weighted by Gasteiger charge is 2.11. The Hall–Kier alpha value is -2.06. The molecule has 0 N–H and O–H groups in total. The Morgan fingerprint density at radius 1 is 1.53 bits per heavy atom. The van der Waals surface area contributed by atoms with Crippen molar-refractivity contribution in [1.29, 1.82) is 5.26 Å². The first-order valence-electron chi connectivity index (χ1n) is 5.01. The Bertz CT molecular complexity index is 453. The van der Waals surface area contributed by atoms with Crippen LogP contribution in [-0.2, 0) is 14.3 Å². The third-order valence-electron chi connectivity index (χ3n) is 1.91. The van der Waals surface area contributed by atoms with Gasteiger partial charge < -0.3 is 13.9 Å². The minimum absolute atomic E-state index is 0.101. The predicted octanol–water partition coefficient (Wildman–Crippen LogP) is 1.68. The number of carbonyl (C=O) groups is 1. The fraction of sp³-hybridized carbons (Fsp3) is 0.333. The summed E-state index contributed by atoms with van der Waals surface area (Å²) in [5.74, 6) is 0.475. The van der Waals surface area contributed by atoms with Gasteiger partial charge in [0.1, 0.15) is 29.8 Å². The molecule has 0 bridgehead atoms. The quantitative estimate of drug-likeness (QED) is 0.336. The van der Waals surface area contributed by atoms with Crippen molar-refractivity contribution in [2.24, 2.45) is 0 Å². The lowest BCUT2D eigenvalue weighted by molar-refractivity contribution is -0.139. The maximum atomic E-state index is 11.5. The Morgan fingerprint density at radius 3 is 2.82 bits per heavy atom. The molecule has 0 aliphatic carbocycles. The molecule has 0 aromatic carbocycles. The van der Waals surface area contributed by atoms with E-state index in [4.69, 9.17) is 19.2 Å². The zero-order valence-electron chi connectivity index (χ0n) is 9.73. The number of ether oxygens (including phenoxy) is 2. The van der Waals surface area contributed by atoms with E-state index < -0.39 is 5.97 Å². The van der Waals surface area contributed by atoms with Crippen molar-refractivity contribution in [1.82, 2.24) is 0 Å². The van der Waals surface area contributed by atoms with E-state index in [2.05, 4.69) is 0 Å². The van der Waals surface area contributed by atoms with Crippen LogP contribution in [0, 0.1) is 18.3 Å². The molecule has 5 nitrogen and oxygen atoms in total. The van der Waals surface area contributed by atoms with Gasteiger partial charge in [0.15, 0.2) is 0 Å². The molecule has 0 atom stereocenters. The first-order valence-corrected chi connectivity index (χ1v) is 5.01. The van der Waals surface area contributed by atoms with E-state index in [1.165, 1.54) is 13.2 Å². The molecule has 5 heteroatoms. The predicted molar refractivity (Wildman–Crippen MR) is 59.9 cm³/mol. The summed E-state index contributed by atoms with van der Waals surface area (Å²) in [4.78, 5) is 11.5. The van der Waals surface area contributed by atoms with Gasteiger partial charge in [0.05, 0.1) is 6.61 Å². The minimum atomic E-state index is -0.682. The molecule has 17 heavy (non-hydrogen) atoms. The van der Waals surface area contributed by atoms with Crippen LogP contribution in [0.25, 0.3) is 6.08 Å². The topological polar surface area (TPSA) is 72.5 Å². The highest BCUT2D eigenvalue weighted by Crippen LogP contribution is 2.11. The summed E-state index contributed by atoms with van der Waals surface area (Å²) in [5, 5.41) is 8.83. The van der Waals surface area contributed by atoms with Crippen LogP contribution >= 0.6 is 0 Å². The number of methoxy groups -OCH3 is 1. The van der Waals surface area contributed by atoms with Crippen molar-refractivity contribution in [3.05, 3.63) is 29.2 Å². The van der Waals surface area contributed by atoms with E-state index in [-0.39, 0.29) is 12.2 Å². The van der Waals surface area contributed by atoms with Crippen molar-refractivity contribution >= 4 is 12.0 Å². The van der Waals surface area contributed by atoms with E-state index in [1.807, 2.05) is 0 Å². The second-order valence-corrected chi connectivity index (χ2v) is 3.25. The molecular weight excluding hydrogens is 222 g/mol. The van der Waals surface area contributed by atoms with Crippen molar-refractivity contribution < 1.29 is 18.7 Å². The normalized spacial score (nSPS) is 11.0. The summed E-state index contributed by atoms with van der Waals surface area (Å²) in [6.45, 7) is 2.19. The molecule has 0 saturated heterocycles. The average molecular weight is 235 g/mol. The summed E-state index contributed by atoms with van der Waals surface area (Å²) in [5.41, 5.74) is -0.101. The monoisotopic (exact) mass is 235 g/mol. The standard InChI is InChI=1S/C12H13NO4/c1-9-3-4-11(17-9)7-10(8-13)12(14)16-6-5-15-2/h3-4,7H,5-6H2,1-2H3. The lowest BCUT2D eigenvalue weighted by atomic mass is 10.2. The Kier molecular flexibility index (Phi) is 4.98. The van der Waals surface area contributed by atoms with Gasteiger partial charge in [-0.25, -0.2) is 4.79 Å². The van der Waals surface area contributed by atoms with E-state index in [9.17, 15) is 4.79 Å². The number of nitrogens with zero attached hydrogens (tertiary/aromatic N) is 1. The molecule has 0 fully saturated rings. The van der Waals surface area contributed by atoms with Crippen molar-refractivity contribution in [2.45, 2.75) is 6.92 Å². The molecule has 0 aliphatic rings. The average Bonchev–Trinajstić information content (AvgIpc) is 2.72. The fourth-order valence-electron chi connectivity index (χ4n) is 1.11. The maximum Gasteiger partial charge on any atom is 0.349 e. The largest absolute Gasteiger partial charge is 0.462 e. The molecule has 0 aliphatic heterocycles. The lowest BCUT2D eigenvalue weighted by Gasteiger charge is -2.01. The number of carbonyl (C=O) groups excluding carboxylic acids is 1. The van der Waals surface area contributed by atoms with Gasteiger partial charge in [0.25, 0.3) is 0 Å². The summed E-state index contributed by atoms with van der Waals surface area (Å²) in [7, 11) is 1.50. The van der Waals surface area contributed by atoms with Crippen molar-refractivity contribution in [3.63, 3.8) is 0 Å². The molecule has 1 heterocycles. The highest BCUT2D eigenvalue weighted by molar-refractivity contribution is 5.97. The molecule has 90 valence electrons. The summed E-state index contributed by atoms with van der Waals surface area (Å²) >= 11 is 0. The Balaban J connectivity index is 2.68. The number of aryl methyl sites for hydroxylation is 1. The number of nitriles is 1. The summed E-state index contributed by atoms with van der Waals surface area (Å²) < 4.78 is 14.8. The van der Waals surface area contributed by atoms with E-state index in [0.29, 0.717) is 18.1 Å². The van der Waals surface area contributed by atoms with Crippen molar-refractivity contribution in [3.8, 4) is 6.07 Å². The van der Waals surface area contributed by atoms with Gasteiger partial charge in [-0.3, -0.25) is 0 Å². The first-order chi connectivity index (χ1) is 8.17. The number of hydrogen-bond acceptors (Lipinski definition) is 5. The van der Waals surface area contributed by atoms with Crippen LogP contribution in [0.5, 0.6) is 0 Å². The van der Waals surface area contributed by atoms with Crippen LogP contribution in [0.2, 0.25) is 0 Å². The van der Waals surface area contributed by atoms with E-state index in [0.717, 1.165) is 0 Å². The van der Waals surface area contributed by atoms with Crippen LogP contribution in [0.1, 0.15) is 11.5 Å². The van der Waals surface area contributed by atoms with Gasteiger partial charge in [-0.1, -0.05) is 0 Å². The molecule has 0 amide bonds. The molecule has 0 spiro atoms. The maximum absolute atomic E-state index is 11.5. The molecule has 0 unspecified atom stereocenters. The van der Waals surface area contributed by atoms with Crippen molar-refractivity contribution in [2.75, 3.05) is 20.3 Å². The smallest absolute Gasteiger partial charge is 0.349 e. The van der Waals surface area contributed by atoms with Gasteiger partial charge in [0, 0.05) is 13.2 Å². The van der Waals surface area contributed by atoms with Gasteiger partial charge >= 0.3 is 5.97 Å². The Morgan fingerprint density at radius 2 is 2.29 bits per heavy atom.